The van der Waals surface area contributed by atoms with Crippen LogP contribution in [0.5, 0.6) is 5.75 Å². The summed E-state index contributed by atoms with van der Waals surface area (Å²) in [6.45, 7) is 0.0230. The van der Waals surface area contributed by atoms with Gasteiger partial charge in [-0.25, -0.2) is 13.8 Å². The number of esters is 1. The fourth-order valence-corrected chi connectivity index (χ4v) is 3.10. The van der Waals surface area contributed by atoms with Crippen LogP contribution in [0.1, 0.15) is 11.3 Å². The Kier molecular flexibility index (Phi) is 5.58. The van der Waals surface area contributed by atoms with Crippen molar-refractivity contribution in [2.75, 3.05) is 7.11 Å². The van der Waals surface area contributed by atoms with Gasteiger partial charge in [-0.3, -0.25) is 4.79 Å². The highest BCUT2D eigenvalue weighted by Crippen LogP contribution is 2.24. The van der Waals surface area contributed by atoms with Crippen molar-refractivity contribution in [2.24, 2.45) is 0 Å². The monoisotopic (exact) mass is 375 g/mol. The Morgan fingerprint density at radius 3 is 2.62 bits per heavy atom. The van der Waals surface area contributed by atoms with Crippen LogP contribution in [0.15, 0.2) is 47.8 Å². The Hall–Kier alpha value is -2.80. The molecule has 2 aromatic carbocycles. The highest BCUT2D eigenvalue weighted by atomic mass is 32.1. The average molecular weight is 375 g/mol. The van der Waals surface area contributed by atoms with Crippen LogP contribution >= 0.6 is 11.3 Å². The normalized spacial score (nSPS) is 10.6. The van der Waals surface area contributed by atoms with Gasteiger partial charge in [0.1, 0.15) is 17.4 Å². The molecule has 0 aliphatic heterocycles. The number of nitrogens with zero attached hydrogens (tertiary/aromatic N) is 1. The van der Waals surface area contributed by atoms with Gasteiger partial charge in [-0.05, 0) is 42.0 Å². The van der Waals surface area contributed by atoms with Crippen LogP contribution in [-0.2, 0) is 22.6 Å². The summed E-state index contributed by atoms with van der Waals surface area (Å²) in [6, 6.07) is 10.3. The summed E-state index contributed by atoms with van der Waals surface area (Å²) in [5.74, 6) is -1.19. The molecule has 0 unspecified atom stereocenters. The predicted molar refractivity (Wildman–Crippen MR) is 94.0 cm³/mol. The molecule has 134 valence electrons. The van der Waals surface area contributed by atoms with E-state index in [1.54, 1.807) is 23.6 Å². The fraction of sp³-hybridized carbons (Fsp3) is 0.158. The van der Waals surface area contributed by atoms with Crippen LogP contribution in [0.3, 0.4) is 0 Å². The van der Waals surface area contributed by atoms with Gasteiger partial charge in [0.05, 0.1) is 19.2 Å². The van der Waals surface area contributed by atoms with Gasteiger partial charge in [0.15, 0.2) is 11.6 Å². The maximum absolute atomic E-state index is 13.6. The maximum atomic E-state index is 13.6. The van der Waals surface area contributed by atoms with E-state index in [4.69, 9.17) is 9.47 Å². The lowest BCUT2D eigenvalue weighted by Crippen LogP contribution is -2.08. The SMILES string of the molecule is COc1ccc(CC(=O)OCc2csc(-c3ccc(F)cc3)n2)cc1F. The molecule has 0 aliphatic carbocycles. The summed E-state index contributed by atoms with van der Waals surface area (Å²) in [5.41, 5.74) is 1.89. The van der Waals surface area contributed by atoms with Crippen molar-refractivity contribution in [2.45, 2.75) is 13.0 Å². The van der Waals surface area contributed by atoms with E-state index in [0.29, 0.717) is 16.3 Å². The molecule has 0 N–H and O–H groups in total. The van der Waals surface area contributed by atoms with Crippen molar-refractivity contribution in [3.8, 4) is 16.3 Å². The Balaban J connectivity index is 1.56. The Morgan fingerprint density at radius 1 is 1.15 bits per heavy atom. The number of thiazole rings is 1. The lowest BCUT2D eigenvalue weighted by molar-refractivity contribution is -0.144. The van der Waals surface area contributed by atoms with Crippen LogP contribution in [0.2, 0.25) is 0 Å². The first kappa shape index (κ1) is 18.0. The minimum atomic E-state index is -0.527. The van der Waals surface area contributed by atoms with Gasteiger partial charge in [0.2, 0.25) is 0 Å². The molecule has 0 saturated heterocycles. The number of benzene rings is 2. The predicted octanol–water partition coefficient (Wildman–Crippen LogP) is 4.38. The molecule has 7 heteroatoms. The van der Waals surface area contributed by atoms with Crippen molar-refractivity contribution in [3.63, 3.8) is 0 Å². The van der Waals surface area contributed by atoms with Crippen LogP contribution in [-0.4, -0.2) is 18.1 Å². The molecule has 0 spiro atoms. The standard InChI is InChI=1S/C19H15F2NO3S/c1-24-17-7-2-12(8-16(17)21)9-18(23)25-10-15-11-26-19(22-15)13-3-5-14(20)6-4-13/h2-8,11H,9-10H2,1H3. The molecule has 1 heterocycles. The number of carbonyl (C=O) groups excluding carboxylic acids is 1. The second-order valence-corrected chi connectivity index (χ2v) is 6.32. The first-order valence-corrected chi connectivity index (χ1v) is 8.61. The molecule has 0 fully saturated rings. The van der Waals surface area contributed by atoms with Crippen molar-refractivity contribution in [1.29, 1.82) is 0 Å². The number of rotatable bonds is 6. The number of aromatic nitrogens is 1. The van der Waals surface area contributed by atoms with Crippen LogP contribution < -0.4 is 4.74 Å². The van der Waals surface area contributed by atoms with E-state index >= 15 is 0 Å². The Morgan fingerprint density at radius 2 is 1.92 bits per heavy atom. The third kappa shape index (κ3) is 4.43. The van der Waals surface area contributed by atoms with Gasteiger partial charge in [-0.2, -0.15) is 0 Å². The number of methoxy groups -OCH3 is 1. The third-order valence-corrected chi connectivity index (χ3v) is 4.53. The average Bonchev–Trinajstić information content (AvgIpc) is 3.10. The van der Waals surface area contributed by atoms with E-state index in [1.807, 2.05) is 0 Å². The lowest BCUT2D eigenvalue weighted by atomic mass is 10.1. The number of ether oxygens (including phenoxy) is 2. The van der Waals surface area contributed by atoms with E-state index in [0.717, 1.165) is 5.56 Å². The van der Waals surface area contributed by atoms with Crippen molar-refractivity contribution < 1.29 is 23.0 Å². The molecular weight excluding hydrogens is 360 g/mol. The zero-order chi connectivity index (χ0) is 18.5. The summed E-state index contributed by atoms with van der Waals surface area (Å²) < 4.78 is 36.6. The number of halogens is 2. The van der Waals surface area contributed by atoms with Crippen LogP contribution in [0.4, 0.5) is 8.78 Å². The molecule has 0 radical (unpaired) electrons. The van der Waals surface area contributed by atoms with E-state index in [2.05, 4.69) is 4.98 Å². The van der Waals surface area contributed by atoms with E-state index in [1.165, 1.54) is 42.7 Å². The summed E-state index contributed by atoms with van der Waals surface area (Å²) in [7, 11) is 1.38. The Bertz CT molecular complexity index is 909. The smallest absolute Gasteiger partial charge is 0.310 e. The van der Waals surface area contributed by atoms with Crippen LogP contribution in [0.25, 0.3) is 10.6 Å². The third-order valence-electron chi connectivity index (χ3n) is 3.59. The van der Waals surface area contributed by atoms with E-state index in [9.17, 15) is 13.6 Å². The number of hydrogen-bond donors (Lipinski definition) is 0. The van der Waals surface area contributed by atoms with Gasteiger partial charge in [-0.1, -0.05) is 6.07 Å². The maximum Gasteiger partial charge on any atom is 0.310 e. The zero-order valence-corrected chi connectivity index (χ0v) is 14.7. The highest BCUT2D eigenvalue weighted by Gasteiger charge is 2.11. The largest absolute Gasteiger partial charge is 0.494 e. The second kappa shape index (κ2) is 8.05. The topological polar surface area (TPSA) is 48.4 Å². The molecular formula is C19H15F2NO3S. The van der Waals surface area contributed by atoms with Gasteiger partial charge < -0.3 is 9.47 Å². The molecule has 0 aliphatic rings. The minimum Gasteiger partial charge on any atom is -0.494 e. The number of carbonyl (C=O) groups is 1. The van der Waals surface area contributed by atoms with Gasteiger partial charge in [0.25, 0.3) is 0 Å². The second-order valence-electron chi connectivity index (χ2n) is 5.46. The highest BCUT2D eigenvalue weighted by molar-refractivity contribution is 7.13. The molecule has 0 saturated carbocycles. The van der Waals surface area contributed by atoms with Gasteiger partial charge in [0, 0.05) is 10.9 Å². The molecule has 0 amide bonds. The van der Waals surface area contributed by atoms with Gasteiger partial charge in [-0.15, -0.1) is 11.3 Å². The van der Waals surface area contributed by atoms with Crippen molar-refractivity contribution in [3.05, 3.63) is 70.7 Å². The first-order chi connectivity index (χ1) is 12.5. The first-order valence-electron chi connectivity index (χ1n) is 7.73. The quantitative estimate of drug-likeness (QED) is 0.600. The van der Waals surface area contributed by atoms with Crippen molar-refractivity contribution in [1.82, 2.24) is 4.98 Å². The minimum absolute atomic E-state index is 0.0230. The molecule has 3 rings (SSSR count). The molecule has 4 nitrogen and oxygen atoms in total. The van der Waals surface area contributed by atoms with E-state index < -0.39 is 11.8 Å². The Labute approximate surface area is 153 Å². The van der Waals surface area contributed by atoms with Crippen LogP contribution in [0, 0.1) is 11.6 Å². The fourth-order valence-electron chi connectivity index (χ4n) is 2.29. The lowest BCUT2D eigenvalue weighted by Gasteiger charge is -2.05. The van der Waals surface area contributed by atoms with Gasteiger partial charge >= 0.3 is 5.97 Å². The molecule has 1 aromatic heterocycles. The summed E-state index contributed by atoms with van der Waals surface area (Å²) in [6.07, 6.45) is -0.0458. The summed E-state index contributed by atoms with van der Waals surface area (Å²) in [5, 5.41) is 2.49. The molecule has 0 atom stereocenters. The molecule has 3 aromatic rings. The zero-order valence-electron chi connectivity index (χ0n) is 13.9. The van der Waals surface area contributed by atoms with E-state index in [-0.39, 0.29) is 24.6 Å². The molecule has 0 bridgehead atoms. The molecule has 26 heavy (non-hydrogen) atoms. The summed E-state index contributed by atoms with van der Waals surface area (Å²) >= 11 is 1.38. The summed E-state index contributed by atoms with van der Waals surface area (Å²) in [4.78, 5) is 16.3. The number of hydrogen-bond acceptors (Lipinski definition) is 5. The van der Waals surface area contributed by atoms with Crippen molar-refractivity contribution >= 4 is 17.3 Å².